The molecule has 1 aliphatic carbocycles. The number of rotatable bonds is 3. The Morgan fingerprint density at radius 3 is 1.85 bits per heavy atom. The Morgan fingerprint density at radius 1 is 0.815 bits per heavy atom. The lowest BCUT2D eigenvalue weighted by Gasteiger charge is -2.41. The zero-order valence-electron chi connectivity index (χ0n) is 16.0. The van der Waals surface area contributed by atoms with Crippen LogP contribution < -0.4 is 0 Å². The second kappa shape index (κ2) is 7.63. The molecular weight excluding hydrogens is 340 g/mol. The second-order valence-electron chi connectivity index (χ2n) is 8.45. The summed E-state index contributed by atoms with van der Waals surface area (Å²) in [4.78, 5) is 29.2. The molecule has 1 aromatic carbocycles. The third-order valence-electron chi connectivity index (χ3n) is 6.82. The molecule has 2 heterocycles. The van der Waals surface area contributed by atoms with Gasteiger partial charge in [0.2, 0.25) is 11.8 Å². The van der Waals surface area contributed by atoms with Crippen LogP contribution in [0.5, 0.6) is 0 Å². The van der Waals surface area contributed by atoms with Crippen molar-refractivity contribution in [1.82, 2.24) is 9.80 Å². The molecule has 146 valence electrons. The molecule has 2 saturated heterocycles. The molecule has 3 aliphatic rings. The SMILES string of the molecule is O=C(C1CCC1)N1CCC(C(=O)N2CCC(O)(c3ccccc3)CC2)CC1. The van der Waals surface area contributed by atoms with E-state index >= 15 is 0 Å². The molecule has 27 heavy (non-hydrogen) atoms. The molecule has 3 fully saturated rings. The predicted octanol–water partition coefficient (Wildman–Crippen LogP) is 2.54. The topological polar surface area (TPSA) is 60.9 Å². The number of hydrogen-bond donors (Lipinski definition) is 1. The van der Waals surface area contributed by atoms with Gasteiger partial charge >= 0.3 is 0 Å². The quantitative estimate of drug-likeness (QED) is 0.889. The molecule has 0 spiro atoms. The smallest absolute Gasteiger partial charge is 0.225 e. The summed E-state index contributed by atoms with van der Waals surface area (Å²) in [6.07, 6.45) is 5.97. The maximum Gasteiger partial charge on any atom is 0.225 e. The number of aliphatic hydroxyl groups is 1. The highest BCUT2D eigenvalue weighted by Crippen LogP contribution is 2.34. The minimum Gasteiger partial charge on any atom is -0.385 e. The average molecular weight is 370 g/mol. The molecule has 5 nitrogen and oxygen atoms in total. The number of hydrogen-bond acceptors (Lipinski definition) is 3. The van der Waals surface area contributed by atoms with E-state index in [1.165, 1.54) is 6.42 Å². The van der Waals surface area contributed by atoms with Crippen molar-refractivity contribution in [2.24, 2.45) is 11.8 Å². The number of amides is 2. The number of nitrogens with zero attached hydrogens (tertiary/aromatic N) is 2. The van der Waals surface area contributed by atoms with Gasteiger partial charge in [0.15, 0.2) is 0 Å². The Bertz CT molecular complexity index is 670. The van der Waals surface area contributed by atoms with E-state index in [1.807, 2.05) is 40.1 Å². The summed E-state index contributed by atoms with van der Waals surface area (Å²) in [5, 5.41) is 10.9. The van der Waals surface area contributed by atoms with Gasteiger partial charge in [-0.05, 0) is 44.1 Å². The fourth-order valence-corrected chi connectivity index (χ4v) is 4.65. The van der Waals surface area contributed by atoms with Crippen molar-refractivity contribution in [3.8, 4) is 0 Å². The Morgan fingerprint density at radius 2 is 1.33 bits per heavy atom. The first-order valence-electron chi connectivity index (χ1n) is 10.4. The van der Waals surface area contributed by atoms with Gasteiger partial charge in [-0.15, -0.1) is 0 Å². The molecule has 0 bridgehead atoms. The fraction of sp³-hybridized carbons (Fsp3) is 0.636. The van der Waals surface area contributed by atoms with Crippen LogP contribution in [-0.4, -0.2) is 52.9 Å². The lowest BCUT2D eigenvalue weighted by atomic mass is 9.83. The molecule has 2 aliphatic heterocycles. The van der Waals surface area contributed by atoms with E-state index in [0.29, 0.717) is 44.9 Å². The summed E-state index contributed by atoms with van der Waals surface area (Å²) in [5.41, 5.74) is 0.122. The van der Waals surface area contributed by atoms with Crippen LogP contribution >= 0.6 is 0 Å². The molecule has 0 aromatic heterocycles. The third kappa shape index (κ3) is 3.75. The van der Waals surface area contributed by atoms with E-state index in [4.69, 9.17) is 0 Å². The van der Waals surface area contributed by atoms with Crippen molar-refractivity contribution in [2.75, 3.05) is 26.2 Å². The highest BCUT2D eigenvalue weighted by Gasteiger charge is 2.38. The number of carbonyl (C=O) groups excluding carboxylic acids is 2. The van der Waals surface area contributed by atoms with Crippen molar-refractivity contribution in [3.63, 3.8) is 0 Å². The molecule has 4 rings (SSSR count). The summed E-state index contributed by atoms with van der Waals surface area (Å²) in [7, 11) is 0. The Hall–Kier alpha value is -1.88. The zero-order valence-corrected chi connectivity index (χ0v) is 16.0. The van der Waals surface area contributed by atoms with Gasteiger partial charge in [-0.3, -0.25) is 9.59 Å². The normalized spacial score (nSPS) is 23.7. The summed E-state index contributed by atoms with van der Waals surface area (Å²) in [6, 6.07) is 9.78. The van der Waals surface area contributed by atoms with E-state index in [-0.39, 0.29) is 17.7 Å². The zero-order chi connectivity index (χ0) is 18.9. The van der Waals surface area contributed by atoms with Crippen LogP contribution in [0.25, 0.3) is 0 Å². The van der Waals surface area contributed by atoms with Crippen molar-refractivity contribution < 1.29 is 14.7 Å². The lowest BCUT2D eigenvalue weighted by Crippen LogP contribution is -2.50. The maximum absolute atomic E-state index is 12.9. The predicted molar refractivity (Wildman–Crippen MR) is 103 cm³/mol. The molecular formula is C22H30N2O3. The average Bonchev–Trinajstić information content (AvgIpc) is 2.67. The summed E-state index contributed by atoms with van der Waals surface area (Å²) in [5.74, 6) is 0.785. The molecule has 1 N–H and O–H groups in total. The van der Waals surface area contributed by atoms with Crippen LogP contribution in [-0.2, 0) is 15.2 Å². The van der Waals surface area contributed by atoms with Crippen LogP contribution in [0.15, 0.2) is 30.3 Å². The van der Waals surface area contributed by atoms with Gasteiger partial charge in [0, 0.05) is 38.0 Å². The molecule has 1 saturated carbocycles. The largest absolute Gasteiger partial charge is 0.385 e. The van der Waals surface area contributed by atoms with Crippen LogP contribution in [0.4, 0.5) is 0 Å². The first kappa shape index (κ1) is 18.5. The van der Waals surface area contributed by atoms with Gasteiger partial charge in [0.05, 0.1) is 5.60 Å². The minimum atomic E-state index is -0.823. The van der Waals surface area contributed by atoms with Crippen LogP contribution in [0.1, 0.15) is 50.5 Å². The standard InChI is InChI=1S/C22H30N2O3/c25-20(17-5-4-6-17)23-13-9-18(10-14-23)21(26)24-15-11-22(27,12-16-24)19-7-2-1-3-8-19/h1-3,7-8,17-18,27H,4-6,9-16H2. The van der Waals surface area contributed by atoms with Crippen molar-refractivity contribution in [2.45, 2.75) is 50.5 Å². The highest BCUT2D eigenvalue weighted by atomic mass is 16.3. The summed E-state index contributed by atoms with van der Waals surface area (Å²) in [6.45, 7) is 2.64. The van der Waals surface area contributed by atoms with Crippen molar-refractivity contribution >= 4 is 11.8 Å². The number of piperidine rings is 2. The Kier molecular flexibility index (Phi) is 5.22. The molecule has 0 unspecified atom stereocenters. The van der Waals surface area contributed by atoms with Crippen molar-refractivity contribution in [3.05, 3.63) is 35.9 Å². The monoisotopic (exact) mass is 370 g/mol. The third-order valence-corrected chi connectivity index (χ3v) is 6.82. The van der Waals surface area contributed by atoms with Crippen LogP contribution in [0.3, 0.4) is 0 Å². The van der Waals surface area contributed by atoms with Gasteiger partial charge in [0.25, 0.3) is 0 Å². The second-order valence-corrected chi connectivity index (χ2v) is 8.45. The first-order valence-corrected chi connectivity index (χ1v) is 10.4. The molecule has 2 amide bonds. The lowest BCUT2D eigenvalue weighted by molar-refractivity contribution is -0.146. The minimum absolute atomic E-state index is 0.0263. The first-order chi connectivity index (χ1) is 13.1. The molecule has 0 atom stereocenters. The molecule has 5 heteroatoms. The molecule has 0 radical (unpaired) electrons. The Labute approximate surface area is 161 Å². The van der Waals surface area contributed by atoms with Gasteiger partial charge < -0.3 is 14.9 Å². The summed E-state index contributed by atoms with van der Waals surface area (Å²) >= 11 is 0. The highest BCUT2D eigenvalue weighted by molar-refractivity contribution is 5.81. The Balaban J connectivity index is 1.28. The number of likely N-dealkylation sites (tertiary alicyclic amines) is 2. The van der Waals surface area contributed by atoms with E-state index < -0.39 is 5.60 Å². The van der Waals surface area contributed by atoms with E-state index in [2.05, 4.69) is 0 Å². The van der Waals surface area contributed by atoms with Gasteiger partial charge in [0.1, 0.15) is 0 Å². The molecule has 1 aromatic rings. The van der Waals surface area contributed by atoms with E-state index in [9.17, 15) is 14.7 Å². The van der Waals surface area contributed by atoms with Gasteiger partial charge in [-0.2, -0.15) is 0 Å². The number of benzene rings is 1. The summed E-state index contributed by atoms with van der Waals surface area (Å²) < 4.78 is 0. The van der Waals surface area contributed by atoms with E-state index in [1.54, 1.807) is 0 Å². The van der Waals surface area contributed by atoms with Crippen molar-refractivity contribution in [1.29, 1.82) is 0 Å². The van der Waals surface area contributed by atoms with Gasteiger partial charge in [-0.25, -0.2) is 0 Å². The fourth-order valence-electron chi connectivity index (χ4n) is 4.65. The van der Waals surface area contributed by atoms with E-state index in [0.717, 1.165) is 31.2 Å². The number of carbonyl (C=O) groups is 2. The van der Waals surface area contributed by atoms with Crippen LogP contribution in [0.2, 0.25) is 0 Å². The van der Waals surface area contributed by atoms with Gasteiger partial charge in [-0.1, -0.05) is 36.8 Å². The van der Waals surface area contributed by atoms with Crippen LogP contribution in [0, 0.1) is 11.8 Å². The maximum atomic E-state index is 12.9.